The third-order valence-corrected chi connectivity index (χ3v) is 7.32. The van der Waals surface area contributed by atoms with Gasteiger partial charge in [0.25, 0.3) is 5.91 Å². The third-order valence-electron chi connectivity index (χ3n) is 5.79. The van der Waals surface area contributed by atoms with E-state index in [-0.39, 0.29) is 48.5 Å². The van der Waals surface area contributed by atoms with Crippen molar-refractivity contribution in [3.05, 3.63) is 52.1 Å². The molecule has 0 radical (unpaired) electrons. The second-order valence-electron chi connectivity index (χ2n) is 9.68. The maximum absolute atomic E-state index is 13.0. The molecule has 0 aliphatic heterocycles. The van der Waals surface area contributed by atoms with Crippen molar-refractivity contribution in [1.29, 1.82) is 0 Å². The number of hydrogen-bond donors (Lipinski definition) is 9. The molecule has 0 bridgehead atoms. The van der Waals surface area contributed by atoms with Gasteiger partial charge in [0.15, 0.2) is 11.2 Å². The summed E-state index contributed by atoms with van der Waals surface area (Å²) >= 11 is 0. The second-order valence-corrected chi connectivity index (χ2v) is 12.8. The number of amides is 3. The molecular weight excluding hydrogens is 618 g/mol. The number of hydrogen-bond acceptors (Lipinski definition) is 12. The number of thiol groups is 1. The Bertz CT molecular complexity index is 1670. The zero-order valence-corrected chi connectivity index (χ0v) is 25.0. The fraction of sp³-hybridized carbons (Fsp3) is 0.320. The number of nitrogens with two attached hydrogens (primary N) is 2. The Morgan fingerprint density at radius 1 is 1.04 bits per heavy atom. The molecule has 0 aliphatic carbocycles. The van der Waals surface area contributed by atoms with Gasteiger partial charge in [-0.1, -0.05) is 0 Å². The molecule has 1 atom stereocenters. The zero-order valence-electron chi connectivity index (χ0n) is 24.1. The fourth-order valence-corrected chi connectivity index (χ4v) is 4.77. The number of carbonyl (C=O) groups excluding carboxylic acids is 3. The molecule has 19 nitrogen and oxygen atoms in total. The zero-order chi connectivity index (χ0) is 33.9. The molecule has 0 aliphatic rings. The first kappa shape index (κ1) is 35.7. The number of carboxylic acids is 2. The number of benzene rings is 1. The summed E-state index contributed by atoms with van der Waals surface area (Å²) in [6.45, 7) is 0.0266. The Morgan fingerprint density at radius 3 is 2.22 bits per heavy atom. The average Bonchev–Trinajstić information content (AvgIpc) is 2.96. The van der Waals surface area contributed by atoms with Crippen molar-refractivity contribution in [1.82, 2.24) is 30.7 Å². The molecule has 2 aromatic heterocycles. The van der Waals surface area contributed by atoms with Crippen LogP contribution in [0.25, 0.3) is 11.2 Å². The van der Waals surface area contributed by atoms with Gasteiger partial charge in [-0.2, -0.15) is 4.98 Å². The number of fused-ring (bicyclic) bond motifs is 1. The van der Waals surface area contributed by atoms with E-state index in [2.05, 4.69) is 25.3 Å². The summed E-state index contributed by atoms with van der Waals surface area (Å²) in [5.74, 6) is -4.48. The van der Waals surface area contributed by atoms with Gasteiger partial charge in [0.2, 0.25) is 17.8 Å². The van der Waals surface area contributed by atoms with Gasteiger partial charge in [-0.25, -0.2) is 20.2 Å². The van der Waals surface area contributed by atoms with Crippen LogP contribution in [0.1, 0.15) is 41.7 Å². The number of anilines is 2. The van der Waals surface area contributed by atoms with Crippen LogP contribution in [0.2, 0.25) is 0 Å². The average molecular weight is 652 g/mol. The van der Waals surface area contributed by atoms with Gasteiger partial charge in [-0.05, 0) is 40.8 Å². The number of nitrogens with zero attached hydrogens (tertiary/aromatic N) is 4. The largest absolute Gasteiger partial charge is 0.481 e. The number of primary amides is 1. The van der Waals surface area contributed by atoms with Gasteiger partial charge in [0.05, 0.1) is 18.4 Å². The summed E-state index contributed by atoms with van der Waals surface area (Å²) < 4.78 is 14.6. The SMILES string of the molecule is C[SH](C)(=O)N(Cc1cnc2[nH]c(N)nc(=O)c2n1)c1ccc(C(=O)N[C@@H](CCC(=O)O)C(=O)O)cc1.NC(=O)CCC(=O)NO. The van der Waals surface area contributed by atoms with E-state index in [0.717, 1.165) is 0 Å². The van der Waals surface area contributed by atoms with Crippen molar-refractivity contribution in [3.8, 4) is 0 Å². The molecule has 45 heavy (non-hydrogen) atoms. The van der Waals surface area contributed by atoms with Crippen LogP contribution in [-0.2, 0) is 35.8 Å². The number of hydroxylamine groups is 1. The highest BCUT2D eigenvalue weighted by Crippen LogP contribution is 2.23. The van der Waals surface area contributed by atoms with Crippen molar-refractivity contribution >= 4 is 62.6 Å². The van der Waals surface area contributed by atoms with E-state index in [1.54, 1.807) is 4.31 Å². The fourth-order valence-electron chi connectivity index (χ4n) is 3.59. The molecule has 10 N–H and O–H groups in total. The number of H-pyrrole nitrogens is 1. The van der Waals surface area contributed by atoms with Crippen molar-refractivity contribution in [2.75, 3.05) is 22.6 Å². The minimum Gasteiger partial charge on any atom is -0.481 e. The molecule has 0 saturated heterocycles. The highest BCUT2D eigenvalue weighted by molar-refractivity contribution is 8.02. The second kappa shape index (κ2) is 15.8. The minimum absolute atomic E-state index is 0.0217. The summed E-state index contributed by atoms with van der Waals surface area (Å²) in [5.41, 5.74) is 12.0. The number of aliphatic carboxylic acids is 2. The summed E-state index contributed by atoms with van der Waals surface area (Å²) in [6, 6.07) is 4.55. The topological polar surface area (TPSA) is 314 Å². The summed E-state index contributed by atoms with van der Waals surface area (Å²) in [6.07, 6.45) is 3.70. The van der Waals surface area contributed by atoms with Crippen LogP contribution < -0.4 is 32.1 Å². The number of aromatic nitrogens is 4. The maximum Gasteiger partial charge on any atom is 0.326 e. The van der Waals surface area contributed by atoms with Gasteiger partial charge >= 0.3 is 17.5 Å². The van der Waals surface area contributed by atoms with Crippen molar-refractivity contribution in [2.24, 2.45) is 5.73 Å². The van der Waals surface area contributed by atoms with Crippen molar-refractivity contribution < 1.29 is 43.6 Å². The molecule has 0 spiro atoms. The van der Waals surface area contributed by atoms with E-state index in [1.807, 2.05) is 0 Å². The third kappa shape index (κ3) is 11.3. The Morgan fingerprint density at radius 2 is 1.69 bits per heavy atom. The lowest BCUT2D eigenvalue weighted by Gasteiger charge is -2.32. The van der Waals surface area contributed by atoms with Gasteiger partial charge in [0.1, 0.15) is 6.04 Å². The maximum atomic E-state index is 13.0. The summed E-state index contributed by atoms with van der Waals surface area (Å²) in [5, 5.41) is 28.2. The van der Waals surface area contributed by atoms with E-state index in [4.69, 9.17) is 21.8 Å². The van der Waals surface area contributed by atoms with E-state index in [9.17, 15) is 38.1 Å². The van der Waals surface area contributed by atoms with E-state index < -0.39 is 57.8 Å². The molecule has 3 amide bonds. The first-order chi connectivity index (χ1) is 21.0. The Hall–Kier alpha value is -5.50. The minimum atomic E-state index is -2.93. The van der Waals surface area contributed by atoms with E-state index in [1.165, 1.54) is 48.5 Å². The van der Waals surface area contributed by atoms with E-state index >= 15 is 0 Å². The molecule has 2 heterocycles. The molecular formula is C25H33N9O10S. The first-order valence-corrected chi connectivity index (χ1v) is 15.5. The van der Waals surface area contributed by atoms with Crippen molar-refractivity contribution in [2.45, 2.75) is 38.3 Å². The lowest BCUT2D eigenvalue weighted by molar-refractivity contribution is -0.140. The molecule has 0 fully saturated rings. The highest BCUT2D eigenvalue weighted by Gasteiger charge is 2.23. The molecule has 244 valence electrons. The quantitative estimate of drug-likeness (QED) is 0.0565. The summed E-state index contributed by atoms with van der Waals surface area (Å²) in [4.78, 5) is 81.5. The van der Waals surface area contributed by atoms with Gasteiger partial charge < -0.3 is 36.3 Å². The molecule has 0 saturated carbocycles. The first-order valence-electron chi connectivity index (χ1n) is 12.9. The standard InChI is InChI=1S/C21H25N7O7S.C4H8N2O3/c1-36(2,35)28(10-12-9-23-17-16(24-12)19(32)27-21(22)26-17)13-5-3-11(4-6-13)18(31)25-14(20(33)34)7-8-15(29)30;5-3(7)1-2-4(8)6-9/h3-6,9,14,36H,7-8,10H2,1-2H3,(H,25,31)(H,29,30)(H,33,34)(H3,22,23,26,27,32);9H,1-2H2,(H2,5,7)(H,6,8)/t14-;/m0./s1. The van der Waals surface area contributed by atoms with Crippen LogP contribution in [0.15, 0.2) is 35.3 Å². The molecule has 0 unspecified atom stereocenters. The molecule has 20 heteroatoms. The molecule has 3 rings (SSSR count). The van der Waals surface area contributed by atoms with Crippen molar-refractivity contribution in [3.63, 3.8) is 0 Å². The Balaban J connectivity index is 0.000000681. The van der Waals surface area contributed by atoms with Gasteiger partial charge in [-0.3, -0.25) is 33.4 Å². The number of rotatable bonds is 13. The predicted molar refractivity (Wildman–Crippen MR) is 160 cm³/mol. The lowest BCUT2D eigenvalue weighted by atomic mass is 10.1. The number of carbonyl (C=O) groups is 5. The Kier molecular flexibility index (Phi) is 12.5. The number of nitrogens with one attached hydrogen (secondary N) is 3. The Labute approximate surface area is 255 Å². The number of aromatic amines is 1. The van der Waals surface area contributed by atoms with Crippen LogP contribution in [0.4, 0.5) is 11.6 Å². The predicted octanol–water partition coefficient (Wildman–Crippen LogP) is -1.70. The lowest BCUT2D eigenvalue weighted by Crippen LogP contribution is -2.41. The van der Waals surface area contributed by atoms with E-state index in [0.29, 0.717) is 11.4 Å². The van der Waals surface area contributed by atoms with Gasteiger partial charge in [0, 0.05) is 43.0 Å². The van der Waals surface area contributed by atoms with Crippen LogP contribution in [0, 0.1) is 0 Å². The van der Waals surface area contributed by atoms with Crippen LogP contribution in [-0.4, -0.2) is 87.8 Å². The van der Waals surface area contributed by atoms with Crippen LogP contribution in [0.5, 0.6) is 0 Å². The molecule has 3 aromatic rings. The summed E-state index contributed by atoms with van der Waals surface area (Å²) in [7, 11) is -2.93. The molecule has 1 aromatic carbocycles. The highest BCUT2D eigenvalue weighted by atomic mass is 32.3. The monoisotopic (exact) mass is 651 g/mol. The van der Waals surface area contributed by atoms with Crippen LogP contribution in [0.3, 0.4) is 0 Å². The normalized spacial score (nSPS) is 11.8. The number of carboxylic acid groups (broad SMARTS) is 2. The van der Waals surface area contributed by atoms with Gasteiger partial charge in [-0.15, -0.1) is 0 Å². The number of nitrogen functional groups attached to an aromatic ring is 1. The van der Waals surface area contributed by atoms with Crippen LogP contribution >= 0.6 is 0 Å². The smallest absolute Gasteiger partial charge is 0.326 e.